The Labute approximate surface area is 190 Å². The Morgan fingerprint density at radius 2 is 1.48 bits per heavy atom. The summed E-state index contributed by atoms with van der Waals surface area (Å²) in [5.74, 6) is -6.79. The van der Waals surface area contributed by atoms with E-state index < -0.39 is 59.9 Å². The van der Waals surface area contributed by atoms with Crippen LogP contribution in [-0.2, 0) is 40.0 Å². The number of aliphatic hydroxyl groups is 1. The maximum atomic E-state index is 12.7. The number of amides is 3. The number of rotatable bonds is 11. The van der Waals surface area contributed by atoms with Gasteiger partial charge in [-0.3, -0.25) is 19.2 Å². The van der Waals surface area contributed by atoms with Crippen LogP contribution < -0.4 is 16.4 Å². The van der Waals surface area contributed by atoms with Gasteiger partial charge in [0.15, 0.2) is 5.92 Å². The second-order valence-electron chi connectivity index (χ2n) is 7.20. The molecule has 33 heavy (non-hydrogen) atoms. The summed E-state index contributed by atoms with van der Waals surface area (Å²) in [6.45, 7) is 2.46. The highest BCUT2D eigenvalue weighted by molar-refractivity contribution is 5.97. The van der Waals surface area contributed by atoms with E-state index in [9.17, 15) is 29.1 Å². The Bertz CT molecular complexity index is 829. The van der Waals surface area contributed by atoms with Crippen molar-refractivity contribution in [3.8, 4) is 0 Å². The normalized spacial score (nSPS) is 14.2. The quantitative estimate of drug-likeness (QED) is 0.184. The van der Waals surface area contributed by atoms with Gasteiger partial charge in [-0.1, -0.05) is 37.3 Å². The zero-order valence-electron chi connectivity index (χ0n) is 18.8. The summed E-state index contributed by atoms with van der Waals surface area (Å²) < 4.78 is 14.2. The maximum Gasteiger partial charge on any atom is 0.408 e. The number of methoxy groups -OCH3 is 2. The number of carbonyl (C=O) groups excluding carboxylic acids is 5. The van der Waals surface area contributed by atoms with Gasteiger partial charge in [0, 0.05) is 5.92 Å². The Morgan fingerprint density at radius 3 is 1.94 bits per heavy atom. The molecular weight excluding hydrogens is 438 g/mol. The van der Waals surface area contributed by atoms with Gasteiger partial charge in [0.2, 0.25) is 11.8 Å². The van der Waals surface area contributed by atoms with Gasteiger partial charge >= 0.3 is 18.0 Å². The van der Waals surface area contributed by atoms with Crippen molar-refractivity contribution in [2.75, 3.05) is 14.2 Å². The molecule has 0 bridgehead atoms. The lowest BCUT2D eigenvalue weighted by Gasteiger charge is -2.29. The van der Waals surface area contributed by atoms with E-state index in [-0.39, 0.29) is 6.61 Å². The molecule has 1 aromatic carbocycles. The third-order valence-corrected chi connectivity index (χ3v) is 4.82. The zero-order chi connectivity index (χ0) is 25.1. The summed E-state index contributed by atoms with van der Waals surface area (Å²) >= 11 is 0. The molecule has 0 aromatic heterocycles. The van der Waals surface area contributed by atoms with Crippen molar-refractivity contribution >= 4 is 29.8 Å². The van der Waals surface area contributed by atoms with Crippen molar-refractivity contribution in [2.45, 2.75) is 38.6 Å². The van der Waals surface area contributed by atoms with E-state index in [0.717, 1.165) is 14.2 Å². The predicted octanol–water partition coefficient (Wildman–Crippen LogP) is -0.769. The number of hydrogen-bond donors (Lipinski definition) is 4. The summed E-state index contributed by atoms with van der Waals surface area (Å²) in [6.07, 6.45) is -2.39. The largest absolute Gasteiger partial charge is 0.468 e. The molecular formula is C21H29N3O9. The minimum Gasteiger partial charge on any atom is -0.468 e. The van der Waals surface area contributed by atoms with Crippen molar-refractivity contribution in [2.24, 2.45) is 17.6 Å². The average molecular weight is 467 g/mol. The summed E-state index contributed by atoms with van der Waals surface area (Å²) in [7, 11) is 2.08. The molecule has 0 unspecified atom stereocenters. The third kappa shape index (κ3) is 8.07. The fourth-order valence-electron chi connectivity index (χ4n) is 2.97. The minimum absolute atomic E-state index is 0.0816. The molecule has 5 N–H and O–H groups in total. The van der Waals surface area contributed by atoms with Crippen molar-refractivity contribution in [3.05, 3.63) is 35.9 Å². The smallest absolute Gasteiger partial charge is 0.408 e. The number of ether oxygens (including phenoxy) is 3. The third-order valence-electron chi connectivity index (χ3n) is 4.82. The lowest BCUT2D eigenvalue weighted by molar-refractivity contribution is -0.162. The van der Waals surface area contributed by atoms with Crippen LogP contribution in [0.15, 0.2) is 30.3 Å². The van der Waals surface area contributed by atoms with E-state index in [1.807, 2.05) is 0 Å². The lowest BCUT2D eigenvalue weighted by Crippen LogP contribution is -2.59. The number of nitrogens with two attached hydrogens (primary N) is 1. The van der Waals surface area contributed by atoms with Crippen LogP contribution in [0.25, 0.3) is 0 Å². The highest BCUT2D eigenvalue weighted by Gasteiger charge is 2.42. The molecule has 1 rings (SSSR count). The Morgan fingerprint density at radius 1 is 0.939 bits per heavy atom. The fourth-order valence-corrected chi connectivity index (χ4v) is 2.97. The fraction of sp³-hybridized carbons (Fsp3) is 0.476. The number of primary amides is 1. The SMILES string of the molecule is COC(=O)C(C(=O)OC)[C@H](C)[C@@H](NC(=O)[C@@H](NC(=O)OCc1ccccc1)[C@@H](C)O)C(N)=O. The van der Waals surface area contributed by atoms with Crippen molar-refractivity contribution in [1.82, 2.24) is 10.6 Å². The Hall–Kier alpha value is -3.67. The van der Waals surface area contributed by atoms with Crippen molar-refractivity contribution < 1.29 is 43.3 Å². The van der Waals surface area contributed by atoms with Gasteiger partial charge in [0.1, 0.15) is 18.7 Å². The van der Waals surface area contributed by atoms with Gasteiger partial charge in [-0.15, -0.1) is 0 Å². The molecule has 0 saturated carbocycles. The van der Waals surface area contributed by atoms with Crippen LogP contribution in [0, 0.1) is 11.8 Å². The standard InChI is InChI=1S/C21H29N3O9/c1-11(14(19(28)31-3)20(29)32-4)15(17(22)26)23-18(27)16(12(2)25)24-21(30)33-10-13-8-6-5-7-9-13/h5-9,11-12,14-16,25H,10H2,1-4H3,(H2,22,26)(H,23,27)(H,24,30)/t11-,12+,15+,16-/m0/s1. The summed E-state index contributed by atoms with van der Waals surface area (Å²) in [5, 5.41) is 14.4. The number of carbonyl (C=O) groups is 5. The molecule has 12 nitrogen and oxygen atoms in total. The Kier molecular flexibility index (Phi) is 10.8. The van der Waals surface area contributed by atoms with Crippen LogP contribution in [0.3, 0.4) is 0 Å². The van der Waals surface area contributed by atoms with Gasteiger partial charge in [-0.05, 0) is 12.5 Å². The molecule has 0 heterocycles. The molecule has 1 aromatic rings. The molecule has 0 radical (unpaired) electrons. The summed E-state index contributed by atoms with van der Waals surface area (Å²) in [4.78, 5) is 60.9. The first-order valence-electron chi connectivity index (χ1n) is 9.94. The molecule has 182 valence electrons. The molecule has 3 amide bonds. The van der Waals surface area contributed by atoms with Crippen LogP contribution >= 0.6 is 0 Å². The first-order valence-corrected chi connectivity index (χ1v) is 9.94. The topological polar surface area (TPSA) is 183 Å². The number of aliphatic hydroxyl groups excluding tert-OH is 1. The van der Waals surface area contributed by atoms with Crippen LogP contribution in [0.5, 0.6) is 0 Å². The lowest BCUT2D eigenvalue weighted by atomic mass is 9.86. The zero-order valence-corrected chi connectivity index (χ0v) is 18.8. The van der Waals surface area contributed by atoms with Crippen LogP contribution in [0.2, 0.25) is 0 Å². The summed E-state index contributed by atoms with van der Waals surface area (Å²) in [5.41, 5.74) is 6.06. The monoisotopic (exact) mass is 467 g/mol. The van der Waals surface area contributed by atoms with E-state index in [1.54, 1.807) is 30.3 Å². The second kappa shape index (κ2) is 13.0. The predicted molar refractivity (Wildman–Crippen MR) is 113 cm³/mol. The van der Waals surface area contributed by atoms with Gasteiger partial charge < -0.3 is 35.7 Å². The van der Waals surface area contributed by atoms with E-state index in [1.165, 1.54) is 13.8 Å². The van der Waals surface area contributed by atoms with Crippen LogP contribution in [0.1, 0.15) is 19.4 Å². The molecule has 0 aliphatic carbocycles. The molecule has 12 heteroatoms. The highest BCUT2D eigenvalue weighted by Crippen LogP contribution is 2.20. The van der Waals surface area contributed by atoms with E-state index in [2.05, 4.69) is 20.1 Å². The van der Waals surface area contributed by atoms with Gasteiger partial charge in [0.05, 0.1) is 20.3 Å². The Balaban J connectivity index is 2.93. The average Bonchev–Trinajstić information content (AvgIpc) is 2.79. The summed E-state index contributed by atoms with van der Waals surface area (Å²) in [6, 6.07) is 5.68. The van der Waals surface area contributed by atoms with E-state index >= 15 is 0 Å². The van der Waals surface area contributed by atoms with Gasteiger partial charge in [0.25, 0.3) is 0 Å². The van der Waals surface area contributed by atoms with Crippen molar-refractivity contribution in [3.63, 3.8) is 0 Å². The number of nitrogens with one attached hydrogen (secondary N) is 2. The molecule has 4 atom stereocenters. The van der Waals surface area contributed by atoms with E-state index in [0.29, 0.717) is 5.56 Å². The maximum absolute atomic E-state index is 12.7. The molecule has 0 aliphatic rings. The highest BCUT2D eigenvalue weighted by atomic mass is 16.6. The van der Waals surface area contributed by atoms with Gasteiger partial charge in [-0.2, -0.15) is 0 Å². The minimum atomic E-state index is -1.56. The first-order chi connectivity index (χ1) is 15.5. The van der Waals surface area contributed by atoms with E-state index in [4.69, 9.17) is 10.5 Å². The molecule has 0 saturated heterocycles. The molecule has 0 aliphatic heterocycles. The van der Waals surface area contributed by atoms with Crippen LogP contribution in [0.4, 0.5) is 4.79 Å². The number of benzene rings is 1. The van der Waals surface area contributed by atoms with Crippen molar-refractivity contribution in [1.29, 1.82) is 0 Å². The second-order valence-corrected chi connectivity index (χ2v) is 7.20. The first kappa shape index (κ1) is 27.4. The number of alkyl carbamates (subject to hydrolysis) is 1. The van der Waals surface area contributed by atoms with Crippen LogP contribution in [-0.4, -0.2) is 67.4 Å². The number of esters is 2. The molecule has 0 spiro atoms. The molecule has 0 fully saturated rings. The van der Waals surface area contributed by atoms with Gasteiger partial charge in [-0.25, -0.2) is 4.79 Å². The number of hydrogen-bond acceptors (Lipinski definition) is 9.